The van der Waals surface area contributed by atoms with Gasteiger partial charge in [-0.3, -0.25) is 14.5 Å². The second-order valence-corrected chi connectivity index (χ2v) is 7.22. The summed E-state index contributed by atoms with van der Waals surface area (Å²) < 4.78 is 0. The van der Waals surface area contributed by atoms with Crippen LogP contribution in [0.3, 0.4) is 0 Å². The van der Waals surface area contributed by atoms with Crippen molar-refractivity contribution in [1.29, 1.82) is 0 Å². The van der Waals surface area contributed by atoms with Gasteiger partial charge < -0.3 is 5.32 Å². The van der Waals surface area contributed by atoms with E-state index in [9.17, 15) is 9.59 Å². The van der Waals surface area contributed by atoms with Crippen LogP contribution in [0.25, 0.3) is 10.8 Å². The van der Waals surface area contributed by atoms with Crippen molar-refractivity contribution in [2.24, 2.45) is 0 Å². The number of hydrogen-bond acceptors (Lipinski definition) is 2. The minimum Gasteiger partial charge on any atom is -0.348 e. The Kier molecular flexibility index (Phi) is 4.19. The number of anilines is 1. The molecular formula is C23H22N2O2. The maximum absolute atomic E-state index is 12.8. The van der Waals surface area contributed by atoms with Crippen molar-refractivity contribution in [3.8, 4) is 0 Å². The Morgan fingerprint density at radius 2 is 1.81 bits per heavy atom. The minimum atomic E-state index is -0.166. The fraction of sp³-hybridized carbons (Fsp3) is 0.217. The van der Waals surface area contributed by atoms with Crippen LogP contribution in [-0.4, -0.2) is 18.4 Å². The number of nitrogens with one attached hydrogen (secondary N) is 1. The SMILES string of the molecule is Cc1ccc([C@@H](C)NC(=O)CN2C(=O)c3cccc4cccc2c34)c(C)c1. The van der Waals surface area contributed by atoms with Crippen molar-refractivity contribution in [2.45, 2.75) is 26.8 Å². The maximum atomic E-state index is 12.8. The summed E-state index contributed by atoms with van der Waals surface area (Å²) in [6.07, 6.45) is 0. The molecule has 0 saturated heterocycles. The van der Waals surface area contributed by atoms with E-state index in [1.165, 1.54) is 5.56 Å². The quantitative estimate of drug-likeness (QED) is 0.756. The molecule has 1 atom stereocenters. The predicted octanol–water partition coefficient (Wildman–Crippen LogP) is 4.29. The van der Waals surface area contributed by atoms with Crippen molar-refractivity contribution < 1.29 is 9.59 Å². The normalized spacial score (nSPS) is 13.9. The fourth-order valence-electron chi connectivity index (χ4n) is 3.96. The summed E-state index contributed by atoms with van der Waals surface area (Å²) in [6.45, 7) is 6.09. The zero-order chi connectivity index (χ0) is 19.1. The summed E-state index contributed by atoms with van der Waals surface area (Å²) in [7, 11) is 0. The molecule has 0 radical (unpaired) electrons. The second kappa shape index (κ2) is 6.54. The Morgan fingerprint density at radius 1 is 1.07 bits per heavy atom. The summed E-state index contributed by atoms with van der Waals surface area (Å²) in [5.74, 6) is -0.281. The molecule has 4 nitrogen and oxygen atoms in total. The first-order valence-electron chi connectivity index (χ1n) is 9.16. The zero-order valence-electron chi connectivity index (χ0n) is 15.7. The van der Waals surface area contributed by atoms with Gasteiger partial charge in [-0.25, -0.2) is 0 Å². The fourth-order valence-corrected chi connectivity index (χ4v) is 3.96. The Labute approximate surface area is 158 Å². The van der Waals surface area contributed by atoms with Gasteiger partial charge in [0.2, 0.25) is 5.91 Å². The average molecular weight is 358 g/mol. The van der Waals surface area contributed by atoms with E-state index in [4.69, 9.17) is 0 Å². The molecule has 1 aliphatic rings. The number of benzene rings is 3. The van der Waals surface area contributed by atoms with Gasteiger partial charge in [0.25, 0.3) is 5.91 Å². The highest BCUT2D eigenvalue weighted by atomic mass is 16.2. The van der Waals surface area contributed by atoms with Crippen LogP contribution in [0.15, 0.2) is 54.6 Å². The molecule has 0 aliphatic carbocycles. The van der Waals surface area contributed by atoms with E-state index in [1.807, 2.05) is 62.4 Å². The van der Waals surface area contributed by atoms with Gasteiger partial charge in [0.05, 0.1) is 11.7 Å². The monoisotopic (exact) mass is 358 g/mol. The van der Waals surface area contributed by atoms with Crippen LogP contribution >= 0.6 is 0 Å². The summed E-state index contributed by atoms with van der Waals surface area (Å²) in [5.41, 5.74) is 4.91. The molecule has 27 heavy (non-hydrogen) atoms. The summed E-state index contributed by atoms with van der Waals surface area (Å²) in [4.78, 5) is 27.0. The van der Waals surface area contributed by atoms with E-state index in [0.717, 1.165) is 27.6 Å². The third kappa shape index (κ3) is 2.97. The van der Waals surface area contributed by atoms with Crippen molar-refractivity contribution in [2.75, 3.05) is 11.4 Å². The van der Waals surface area contributed by atoms with Crippen LogP contribution in [0.4, 0.5) is 5.69 Å². The Bertz CT molecular complexity index is 1070. The van der Waals surface area contributed by atoms with Crippen LogP contribution in [0.1, 0.15) is 40.0 Å². The highest BCUT2D eigenvalue weighted by Gasteiger charge is 2.31. The predicted molar refractivity (Wildman–Crippen MR) is 108 cm³/mol. The molecule has 3 aromatic carbocycles. The number of aryl methyl sites for hydroxylation is 2. The van der Waals surface area contributed by atoms with Gasteiger partial charge in [-0.15, -0.1) is 0 Å². The van der Waals surface area contributed by atoms with E-state index in [2.05, 4.69) is 18.3 Å². The molecule has 1 heterocycles. The van der Waals surface area contributed by atoms with E-state index < -0.39 is 0 Å². The maximum Gasteiger partial charge on any atom is 0.259 e. The number of hydrogen-bond donors (Lipinski definition) is 1. The molecular weight excluding hydrogens is 336 g/mol. The lowest BCUT2D eigenvalue weighted by Gasteiger charge is -2.21. The van der Waals surface area contributed by atoms with Crippen molar-refractivity contribution in [3.05, 3.63) is 76.9 Å². The third-order valence-electron chi connectivity index (χ3n) is 5.22. The lowest BCUT2D eigenvalue weighted by atomic mass is 10.0. The van der Waals surface area contributed by atoms with Crippen LogP contribution in [0.5, 0.6) is 0 Å². The average Bonchev–Trinajstić information content (AvgIpc) is 2.89. The van der Waals surface area contributed by atoms with Gasteiger partial charge in [-0.1, -0.05) is 48.0 Å². The molecule has 0 fully saturated rings. The molecule has 0 unspecified atom stereocenters. The van der Waals surface area contributed by atoms with E-state index in [1.54, 1.807) is 4.90 Å². The standard InChI is InChI=1S/C23H22N2O2/c1-14-10-11-18(15(2)12-14)16(3)24-21(26)13-25-20-9-5-7-17-6-4-8-19(22(17)20)23(25)27/h4-12,16H,13H2,1-3H3,(H,24,26)/t16-/m1/s1. The first-order chi connectivity index (χ1) is 13.0. The Balaban J connectivity index is 1.54. The molecule has 0 bridgehead atoms. The van der Waals surface area contributed by atoms with Crippen LogP contribution in [0.2, 0.25) is 0 Å². The van der Waals surface area contributed by atoms with Crippen LogP contribution in [-0.2, 0) is 4.79 Å². The highest BCUT2D eigenvalue weighted by molar-refractivity contribution is 6.26. The topological polar surface area (TPSA) is 49.4 Å². The smallest absolute Gasteiger partial charge is 0.259 e. The molecule has 4 heteroatoms. The summed E-state index contributed by atoms with van der Waals surface area (Å²) in [5, 5.41) is 4.98. The van der Waals surface area contributed by atoms with Crippen molar-refractivity contribution >= 4 is 28.3 Å². The van der Waals surface area contributed by atoms with Gasteiger partial charge >= 0.3 is 0 Å². The zero-order valence-corrected chi connectivity index (χ0v) is 15.7. The van der Waals surface area contributed by atoms with Gasteiger partial charge in [-0.2, -0.15) is 0 Å². The third-order valence-corrected chi connectivity index (χ3v) is 5.22. The number of carbonyl (C=O) groups excluding carboxylic acids is 2. The molecule has 2 amide bonds. The van der Waals surface area contributed by atoms with E-state index in [0.29, 0.717) is 5.56 Å². The first-order valence-corrected chi connectivity index (χ1v) is 9.16. The molecule has 3 aromatic rings. The molecule has 0 aromatic heterocycles. The number of nitrogens with zero attached hydrogens (tertiary/aromatic N) is 1. The van der Waals surface area contributed by atoms with Gasteiger partial charge in [-0.05, 0) is 49.4 Å². The summed E-state index contributed by atoms with van der Waals surface area (Å²) >= 11 is 0. The van der Waals surface area contributed by atoms with Gasteiger partial charge in [0.1, 0.15) is 6.54 Å². The molecule has 1 aliphatic heterocycles. The molecule has 0 saturated carbocycles. The second-order valence-electron chi connectivity index (χ2n) is 7.22. The van der Waals surface area contributed by atoms with Gasteiger partial charge in [0, 0.05) is 10.9 Å². The van der Waals surface area contributed by atoms with Crippen LogP contribution < -0.4 is 10.2 Å². The largest absolute Gasteiger partial charge is 0.348 e. The first kappa shape index (κ1) is 17.3. The Hall–Kier alpha value is -3.14. The number of amides is 2. The van der Waals surface area contributed by atoms with Gasteiger partial charge in [0.15, 0.2) is 0 Å². The van der Waals surface area contributed by atoms with Crippen molar-refractivity contribution in [3.63, 3.8) is 0 Å². The summed E-state index contributed by atoms with van der Waals surface area (Å²) in [6, 6.07) is 17.6. The molecule has 1 N–H and O–H groups in total. The van der Waals surface area contributed by atoms with E-state index >= 15 is 0 Å². The molecule has 4 rings (SSSR count). The van der Waals surface area contributed by atoms with E-state index in [-0.39, 0.29) is 24.4 Å². The lowest BCUT2D eigenvalue weighted by Crippen LogP contribution is -2.40. The molecule has 0 spiro atoms. The number of carbonyl (C=O) groups is 2. The minimum absolute atomic E-state index is 0.0157. The highest BCUT2D eigenvalue weighted by Crippen LogP contribution is 2.36. The van der Waals surface area contributed by atoms with Crippen molar-refractivity contribution in [1.82, 2.24) is 5.32 Å². The van der Waals surface area contributed by atoms with Crippen LogP contribution in [0, 0.1) is 13.8 Å². The lowest BCUT2D eigenvalue weighted by molar-refractivity contribution is -0.120. The Morgan fingerprint density at radius 3 is 2.56 bits per heavy atom. The number of rotatable bonds is 4. The molecule has 136 valence electrons.